The van der Waals surface area contributed by atoms with Gasteiger partial charge in [-0.15, -0.1) is 11.3 Å². The van der Waals surface area contributed by atoms with Crippen molar-refractivity contribution in [3.63, 3.8) is 0 Å². The average molecular weight is 196 g/mol. The number of rotatable bonds is 1. The molecule has 1 saturated heterocycles. The third-order valence-corrected chi connectivity index (χ3v) is 3.77. The summed E-state index contributed by atoms with van der Waals surface area (Å²) in [5.41, 5.74) is 5.93. The Hall–Kier alpha value is -0.380. The maximum Gasteiger partial charge on any atom is 0.0417 e. The van der Waals surface area contributed by atoms with Crippen molar-refractivity contribution in [2.75, 3.05) is 0 Å². The summed E-state index contributed by atoms with van der Waals surface area (Å²) in [6.45, 7) is 2.17. The van der Waals surface area contributed by atoms with Crippen LogP contribution in [0.5, 0.6) is 0 Å². The lowest BCUT2D eigenvalue weighted by molar-refractivity contribution is 0.306. The molecule has 72 valence electrons. The zero-order chi connectivity index (χ0) is 9.26. The van der Waals surface area contributed by atoms with Gasteiger partial charge in [0.05, 0.1) is 0 Å². The molecule has 2 heterocycles. The van der Waals surface area contributed by atoms with Gasteiger partial charge < -0.3 is 11.1 Å². The molecule has 0 spiro atoms. The summed E-state index contributed by atoms with van der Waals surface area (Å²) in [7, 11) is 0. The summed E-state index contributed by atoms with van der Waals surface area (Å²) in [6, 6.07) is 5.62. The van der Waals surface area contributed by atoms with Gasteiger partial charge in [0.15, 0.2) is 0 Å². The minimum absolute atomic E-state index is 0.330. The van der Waals surface area contributed by atoms with Crippen LogP contribution >= 0.6 is 11.3 Å². The molecule has 0 radical (unpaired) electrons. The minimum atomic E-state index is 0.330. The van der Waals surface area contributed by atoms with Crippen LogP contribution in [-0.4, -0.2) is 12.1 Å². The van der Waals surface area contributed by atoms with Crippen LogP contribution in [-0.2, 0) is 0 Å². The van der Waals surface area contributed by atoms with E-state index in [-0.39, 0.29) is 0 Å². The molecule has 3 heteroatoms. The van der Waals surface area contributed by atoms with Crippen LogP contribution in [0.1, 0.15) is 30.7 Å². The van der Waals surface area contributed by atoms with Crippen molar-refractivity contribution in [2.24, 2.45) is 5.73 Å². The lowest BCUT2D eigenvalue weighted by atomic mass is 9.94. The van der Waals surface area contributed by atoms with Crippen LogP contribution in [0.4, 0.5) is 0 Å². The fourth-order valence-electron chi connectivity index (χ4n) is 1.85. The first-order chi connectivity index (χ1) is 6.27. The average Bonchev–Trinajstić information content (AvgIpc) is 2.62. The van der Waals surface area contributed by atoms with Crippen LogP contribution in [0.25, 0.3) is 0 Å². The molecule has 1 fully saturated rings. The van der Waals surface area contributed by atoms with Crippen LogP contribution in [0, 0.1) is 0 Å². The molecule has 0 bridgehead atoms. The lowest BCUT2D eigenvalue weighted by Gasteiger charge is -2.33. The number of piperidine rings is 1. The second-order valence-electron chi connectivity index (χ2n) is 3.76. The zero-order valence-electron chi connectivity index (χ0n) is 7.86. The second kappa shape index (κ2) is 3.78. The molecule has 1 aromatic heterocycles. The van der Waals surface area contributed by atoms with E-state index in [1.165, 1.54) is 11.3 Å². The summed E-state index contributed by atoms with van der Waals surface area (Å²) >= 11 is 1.83. The van der Waals surface area contributed by atoms with E-state index in [0.29, 0.717) is 18.1 Å². The van der Waals surface area contributed by atoms with Gasteiger partial charge in [0.25, 0.3) is 0 Å². The molecule has 0 aromatic carbocycles. The molecule has 1 aromatic rings. The fourth-order valence-corrected chi connectivity index (χ4v) is 2.67. The van der Waals surface area contributed by atoms with E-state index in [9.17, 15) is 0 Å². The van der Waals surface area contributed by atoms with Crippen molar-refractivity contribution in [3.05, 3.63) is 22.4 Å². The van der Waals surface area contributed by atoms with E-state index >= 15 is 0 Å². The third-order valence-electron chi connectivity index (χ3n) is 2.78. The van der Waals surface area contributed by atoms with Crippen molar-refractivity contribution in [1.82, 2.24) is 5.32 Å². The van der Waals surface area contributed by atoms with Crippen LogP contribution < -0.4 is 11.1 Å². The standard InChI is InChI=1S/C10H16N2S/c1-7-8(11)4-5-9(12-7)10-3-2-6-13-10/h2-3,6-9,12H,4-5,11H2,1H3. The van der Waals surface area contributed by atoms with Gasteiger partial charge in [0.1, 0.15) is 0 Å². The highest BCUT2D eigenvalue weighted by Crippen LogP contribution is 2.27. The monoisotopic (exact) mass is 196 g/mol. The molecule has 2 rings (SSSR count). The van der Waals surface area contributed by atoms with Crippen molar-refractivity contribution in [1.29, 1.82) is 0 Å². The molecule has 3 N–H and O–H groups in total. The molecular weight excluding hydrogens is 180 g/mol. The van der Waals surface area contributed by atoms with E-state index in [2.05, 4.69) is 29.8 Å². The minimum Gasteiger partial charge on any atom is -0.326 e. The Morgan fingerprint density at radius 1 is 1.54 bits per heavy atom. The first-order valence-electron chi connectivity index (χ1n) is 4.82. The summed E-state index contributed by atoms with van der Waals surface area (Å²) in [5, 5.41) is 5.69. The topological polar surface area (TPSA) is 38.0 Å². The van der Waals surface area contributed by atoms with Gasteiger partial charge in [0.2, 0.25) is 0 Å². The molecular formula is C10H16N2S. The molecule has 1 aliphatic rings. The summed E-state index contributed by atoms with van der Waals surface area (Å²) in [5.74, 6) is 0. The third kappa shape index (κ3) is 1.93. The highest BCUT2D eigenvalue weighted by molar-refractivity contribution is 7.10. The van der Waals surface area contributed by atoms with Gasteiger partial charge in [-0.05, 0) is 31.2 Å². The Morgan fingerprint density at radius 2 is 2.38 bits per heavy atom. The molecule has 3 unspecified atom stereocenters. The van der Waals surface area contributed by atoms with E-state index in [1.807, 2.05) is 11.3 Å². The predicted molar refractivity (Wildman–Crippen MR) is 56.9 cm³/mol. The van der Waals surface area contributed by atoms with E-state index in [0.717, 1.165) is 6.42 Å². The zero-order valence-corrected chi connectivity index (χ0v) is 8.68. The first-order valence-corrected chi connectivity index (χ1v) is 5.70. The number of hydrogen-bond acceptors (Lipinski definition) is 3. The summed E-state index contributed by atoms with van der Waals surface area (Å²) in [6.07, 6.45) is 2.31. The van der Waals surface area contributed by atoms with E-state index < -0.39 is 0 Å². The van der Waals surface area contributed by atoms with Crippen molar-refractivity contribution in [3.8, 4) is 0 Å². The van der Waals surface area contributed by atoms with Crippen LogP contribution in [0.2, 0.25) is 0 Å². The van der Waals surface area contributed by atoms with Gasteiger partial charge >= 0.3 is 0 Å². The number of nitrogens with one attached hydrogen (secondary N) is 1. The first kappa shape index (κ1) is 9.19. The van der Waals surface area contributed by atoms with Gasteiger partial charge in [0, 0.05) is 23.0 Å². The molecule has 0 saturated carbocycles. The Kier molecular flexibility index (Phi) is 2.67. The van der Waals surface area contributed by atoms with Gasteiger partial charge in [-0.25, -0.2) is 0 Å². The quantitative estimate of drug-likeness (QED) is 0.720. The normalized spacial score (nSPS) is 34.8. The number of thiophene rings is 1. The highest BCUT2D eigenvalue weighted by atomic mass is 32.1. The van der Waals surface area contributed by atoms with Crippen molar-refractivity contribution < 1.29 is 0 Å². The highest BCUT2D eigenvalue weighted by Gasteiger charge is 2.25. The molecule has 0 amide bonds. The molecule has 13 heavy (non-hydrogen) atoms. The maximum atomic E-state index is 5.93. The largest absolute Gasteiger partial charge is 0.326 e. The molecule has 1 aliphatic heterocycles. The Morgan fingerprint density at radius 3 is 3.00 bits per heavy atom. The molecule has 3 atom stereocenters. The SMILES string of the molecule is CC1NC(c2cccs2)CCC1N. The van der Waals surface area contributed by atoms with Gasteiger partial charge in [-0.1, -0.05) is 6.07 Å². The molecule has 2 nitrogen and oxygen atoms in total. The van der Waals surface area contributed by atoms with Crippen molar-refractivity contribution >= 4 is 11.3 Å². The molecule has 0 aliphatic carbocycles. The predicted octanol–water partition coefficient (Wildman–Crippen LogP) is 1.89. The second-order valence-corrected chi connectivity index (χ2v) is 4.74. The van der Waals surface area contributed by atoms with E-state index in [1.54, 1.807) is 0 Å². The Labute approximate surface area is 83.1 Å². The Bertz CT molecular complexity index is 258. The number of hydrogen-bond donors (Lipinski definition) is 2. The Balaban J connectivity index is 2.03. The maximum absolute atomic E-state index is 5.93. The lowest BCUT2D eigenvalue weighted by Crippen LogP contribution is -2.48. The summed E-state index contributed by atoms with van der Waals surface area (Å²) < 4.78 is 0. The number of nitrogens with two attached hydrogens (primary N) is 1. The smallest absolute Gasteiger partial charge is 0.0417 e. The van der Waals surface area contributed by atoms with Crippen LogP contribution in [0.3, 0.4) is 0 Å². The van der Waals surface area contributed by atoms with Gasteiger partial charge in [-0.2, -0.15) is 0 Å². The van der Waals surface area contributed by atoms with E-state index in [4.69, 9.17) is 5.73 Å². The fraction of sp³-hybridized carbons (Fsp3) is 0.600. The van der Waals surface area contributed by atoms with Gasteiger partial charge in [-0.3, -0.25) is 0 Å². The van der Waals surface area contributed by atoms with Crippen LogP contribution in [0.15, 0.2) is 17.5 Å². The van der Waals surface area contributed by atoms with Crippen molar-refractivity contribution in [2.45, 2.75) is 37.9 Å². The summed E-state index contributed by atoms with van der Waals surface area (Å²) in [4.78, 5) is 1.44.